The molecule has 0 N–H and O–H groups in total. The lowest BCUT2D eigenvalue weighted by atomic mass is 10.2. The van der Waals surface area contributed by atoms with Crippen LogP contribution in [0.4, 0.5) is 0 Å². The lowest BCUT2D eigenvalue weighted by Crippen LogP contribution is -2.14. The number of ether oxygens (including phenoxy) is 1. The second kappa shape index (κ2) is 5.80. The summed E-state index contributed by atoms with van der Waals surface area (Å²) in [6.07, 6.45) is 1.42. The van der Waals surface area contributed by atoms with Crippen molar-refractivity contribution in [3.05, 3.63) is 23.8 Å². The molecule has 0 fully saturated rings. The zero-order valence-electron chi connectivity index (χ0n) is 10.5. The van der Waals surface area contributed by atoms with Crippen molar-refractivity contribution >= 4 is 15.9 Å². The molecule has 0 radical (unpaired) electrons. The molecule has 18 heavy (non-hydrogen) atoms. The van der Waals surface area contributed by atoms with E-state index in [1.165, 1.54) is 25.3 Å². The highest BCUT2D eigenvalue weighted by atomic mass is 32.2. The molecule has 1 aromatic rings. The first kappa shape index (κ1) is 14.4. The summed E-state index contributed by atoms with van der Waals surface area (Å²) in [4.78, 5) is 13.8. The Morgan fingerprint density at radius 1 is 1.39 bits per heavy atom. The minimum absolute atomic E-state index is 0.0497. The molecule has 0 amide bonds. The molecule has 0 unspecified atom stereocenters. The topological polar surface area (TPSA) is 72.8 Å². The predicted octanol–water partition coefficient (Wildman–Crippen LogP) is 1.71. The number of sulfone groups is 1. The molecular formula is C12H15NO4S. The van der Waals surface area contributed by atoms with Gasteiger partial charge in [0.15, 0.2) is 9.84 Å². The number of methoxy groups -OCH3 is 1. The van der Waals surface area contributed by atoms with Crippen LogP contribution in [0.2, 0.25) is 0 Å². The van der Waals surface area contributed by atoms with E-state index in [4.69, 9.17) is 4.74 Å². The molecule has 0 heterocycles. The Morgan fingerprint density at radius 2 is 2.06 bits per heavy atom. The first-order valence-electron chi connectivity index (χ1n) is 5.38. The first-order chi connectivity index (χ1) is 8.43. The third-order valence-corrected chi connectivity index (χ3v) is 4.67. The van der Waals surface area contributed by atoms with Gasteiger partial charge in [0.1, 0.15) is 5.75 Å². The molecule has 1 rings (SSSR count). The number of nitrogens with zero attached hydrogens (tertiary/aromatic N) is 1. The van der Waals surface area contributed by atoms with E-state index in [1.807, 2.05) is 0 Å². The minimum Gasteiger partial charge on any atom is -0.496 e. The molecule has 0 atom stereocenters. The summed E-state index contributed by atoms with van der Waals surface area (Å²) in [5.41, 5.74) is 0.544. The van der Waals surface area contributed by atoms with E-state index in [-0.39, 0.29) is 11.4 Å². The van der Waals surface area contributed by atoms with Crippen LogP contribution in [0.15, 0.2) is 28.1 Å². The lowest BCUT2D eigenvalue weighted by Gasteiger charge is -2.11. The molecule has 0 aliphatic rings. The van der Waals surface area contributed by atoms with Crippen molar-refractivity contribution < 1.29 is 17.9 Å². The van der Waals surface area contributed by atoms with E-state index >= 15 is 0 Å². The fourth-order valence-electron chi connectivity index (χ4n) is 1.45. The molecular weight excluding hydrogens is 254 g/mol. The molecule has 6 heteroatoms. The van der Waals surface area contributed by atoms with Crippen molar-refractivity contribution in [3.63, 3.8) is 0 Å². The van der Waals surface area contributed by atoms with E-state index in [0.29, 0.717) is 11.3 Å². The average Bonchev–Trinajstić information content (AvgIpc) is 2.35. The van der Waals surface area contributed by atoms with Crippen LogP contribution in [0.1, 0.15) is 19.4 Å². The molecule has 0 aromatic heterocycles. The summed E-state index contributed by atoms with van der Waals surface area (Å²) in [6.45, 7) is 3.28. The molecule has 0 spiro atoms. The zero-order chi connectivity index (χ0) is 13.8. The summed E-state index contributed by atoms with van der Waals surface area (Å²) in [6, 6.07) is 4.53. The summed E-state index contributed by atoms with van der Waals surface area (Å²) in [7, 11) is -1.87. The third-order valence-electron chi connectivity index (χ3n) is 2.51. The van der Waals surface area contributed by atoms with Crippen LogP contribution in [-0.4, -0.2) is 26.9 Å². The van der Waals surface area contributed by atoms with E-state index in [1.54, 1.807) is 19.9 Å². The maximum atomic E-state index is 12.0. The van der Waals surface area contributed by atoms with Crippen LogP contribution in [-0.2, 0) is 21.2 Å². The quantitative estimate of drug-likeness (QED) is 0.602. The van der Waals surface area contributed by atoms with Gasteiger partial charge >= 0.3 is 0 Å². The van der Waals surface area contributed by atoms with Crippen molar-refractivity contribution in [3.8, 4) is 5.75 Å². The Morgan fingerprint density at radius 3 is 2.56 bits per heavy atom. The number of rotatable bonds is 5. The maximum Gasteiger partial charge on any atom is 0.235 e. The predicted molar refractivity (Wildman–Crippen MR) is 67.1 cm³/mol. The molecule has 0 aliphatic carbocycles. The fraction of sp³-hybridized carbons (Fsp3) is 0.417. The van der Waals surface area contributed by atoms with Crippen molar-refractivity contribution in [1.82, 2.24) is 0 Å². The molecule has 98 valence electrons. The van der Waals surface area contributed by atoms with Crippen LogP contribution in [0.5, 0.6) is 5.75 Å². The van der Waals surface area contributed by atoms with Gasteiger partial charge in [-0.3, -0.25) is 0 Å². The van der Waals surface area contributed by atoms with Crippen LogP contribution in [0.3, 0.4) is 0 Å². The Hall–Kier alpha value is -1.65. The van der Waals surface area contributed by atoms with E-state index in [0.717, 1.165) is 0 Å². The highest BCUT2D eigenvalue weighted by Crippen LogP contribution is 2.25. The number of carbonyl (C=O) groups excluding carboxylic acids is 1. The summed E-state index contributed by atoms with van der Waals surface area (Å²) in [5, 5.41) is -0.506. The Balaban J connectivity index is 3.30. The Labute approximate surface area is 106 Å². The van der Waals surface area contributed by atoms with Crippen LogP contribution in [0.25, 0.3) is 0 Å². The first-order valence-corrected chi connectivity index (χ1v) is 6.92. The second-order valence-corrected chi connectivity index (χ2v) is 6.48. The monoisotopic (exact) mass is 269 g/mol. The van der Waals surface area contributed by atoms with Gasteiger partial charge in [-0.15, -0.1) is 0 Å². The summed E-state index contributed by atoms with van der Waals surface area (Å²) in [5.74, 6) is 0.497. The van der Waals surface area contributed by atoms with Crippen LogP contribution < -0.4 is 4.74 Å². The fourth-order valence-corrected chi connectivity index (χ4v) is 2.55. The van der Waals surface area contributed by atoms with Gasteiger partial charge in [0.2, 0.25) is 6.08 Å². The summed E-state index contributed by atoms with van der Waals surface area (Å²) < 4.78 is 29.1. The highest BCUT2D eigenvalue weighted by Gasteiger charge is 2.20. The van der Waals surface area contributed by atoms with Crippen molar-refractivity contribution in [2.75, 3.05) is 7.11 Å². The Bertz CT molecular complexity index is 572. The van der Waals surface area contributed by atoms with Gasteiger partial charge in [-0.25, -0.2) is 18.2 Å². The largest absolute Gasteiger partial charge is 0.496 e. The molecule has 0 aliphatic heterocycles. The average molecular weight is 269 g/mol. The number of isocyanates is 1. The number of hydrogen-bond acceptors (Lipinski definition) is 5. The zero-order valence-corrected chi connectivity index (χ0v) is 11.3. The van der Waals surface area contributed by atoms with Gasteiger partial charge in [-0.05, 0) is 32.0 Å². The maximum absolute atomic E-state index is 12.0. The van der Waals surface area contributed by atoms with E-state index < -0.39 is 15.1 Å². The lowest BCUT2D eigenvalue weighted by molar-refractivity contribution is 0.409. The highest BCUT2D eigenvalue weighted by molar-refractivity contribution is 7.92. The van der Waals surface area contributed by atoms with Gasteiger partial charge < -0.3 is 4.74 Å². The van der Waals surface area contributed by atoms with E-state index in [2.05, 4.69) is 4.99 Å². The number of hydrogen-bond donors (Lipinski definition) is 0. The molecule has 5 nitrogen and oxygen atoms in total. The van der Waals surface area contributed by atoms with Crippen molar-refractivity contribution in [2.24, 2.45) is 4.99 Å². The van der Waals surface area contributed by atoms with Crippen molar-refractivity contribution in [1.29, 1.82) is 0 Å². The second-order valence-electron chi connectivity index (χ2n) is 3.97. The SMILES string of the molecule is COc1ccc(S(=O)(=O)C(C)C)cc1CN=C=O. The standard InChI is InChI=1S/C12H15NO4S/c1-9(2)18(15,16)11-4-5-12(17-3)10(6-11)7-13-8-14/h4-6,9H,7H2,1-3H3. The molecule has 1 aromatic carbocycles. The van der Waals surface area contributed by atoms with Crippen LogP contribution >= 0.6 is 0 Å². The third kappa shape index (κ3) is 2.97. The van der Waals surface area contributed by atoms with Gasteiger partial charge in [-0.1, -0.05) is 0 Å². The van der Waals surface area contributed by atoms with E-state index in [9.17, 15) is 13.2 Å². The summed E-state index contributed by atoms with van der Waals surface area (Å²) >= 11 is 0. The van der Waals surface area contributed by atoms with Crippen molar-refractivity contribution in [2.45, 2.75) is 30.5 Å². The van der Waals surface area contributed by atoms with Crippen LogP contribution in [0, 0.1) is 0 Å². The Kier molecular flexibility index (Phi) is 4.64. The number of aliphatic imine (C=N–C) groups is 1. The van der Waals surface area contributed by atoms with Gasteiger partial charge in [-0.2, -0.15) is 0 Å². The van der Waals surface area contributed by atoms with Gasteiger partial charge in [0, 0.05) is 5.56 Å². The molecule has 0 saturated carbocycles. The smallest absolute Gasteiger partial charge is 0.235 e. The molecule has 0 bridgehead atoms. The molecule has 0 saturated heterocycles. The van der Waals surface area contributed by atoms with Gasteiger partial charge in [0.05, 0.1) is 23.8 Å². The normalized spacial score (nSPS) is 11.1. The minimum atomic E-state index is -3.35. The number of benzene rings is 1. The van der Waals surface area contributed by atoms with Gasteiger partial charge in [0.25, 0.3) is 0 Å².